The zero-order valence-corrected chi connectivity index (χ0v) is 18.7. The molecule has 1 atom stereocenters. The first-order valence-electron chi connectivity index (χ1n) is 10.6. The van der Waals surface area contributed by atoms with Crippen LogP contribution in [0.4, 0.5) is 11.4 Å². The molecule has 1 unspecified atom stereocenters. The van der Waals surface area contributed by atoms with Crippen LogP contribution in [-0.4, -0.2) is 10.6 Å². The Morgan fingerprint density at radius 2 is 1.62 bits per heavy atom. The molecule has 160 valence electrons. The Kier molecular flexibility index (Phi) is 4.72. The van der Waals surface area contributed by atoms with Gasteiger partial charge < -0.3 is 0 Å². The van der Waals surface area contributed by atoms with E-state index >= 15 is 0 Å². The molecular weight excluding hydrogens is 420 g/mol. The predicted molar refractivity (Wildman–Crippen MR) is 130 cm³/mol. The highest BCUT2D eigenvalue weighted by molar-refractivity contribution is 6.31. The van der Waals surface area contributed by atoms with Gasteiger partial charge in [0.25, 0.3) is 0 Å². The first-order chi connectivity index (χ1) is 15.3. The third-order valence-electron chi connectivity index (χ3n) is 6.66. The van der Waals surface area contributed by atoms with E-state index in [1.807, 2.05) is 83.8 Å². The zero-order chi connectivity index (χ0) is 22.5. The minimum Gasteiger partial charge on any atom is -0.272 e. The highest BCUT2D eigenvalue weighted by atomic mass is 35.5. The average molecular weight is 443 g/mol. The van der Waals surface area contributed by atoms with Gasteiger partial charge in [-0.15, -0.1) is 0 Å². The molecule has 3 aromatic rings. The minimum atomic E-state index is -1.45. The first-order valence-corrected chi connectivity index (χ1v) is 11.0. The molecule has 0 bridgehead atoms. The third-order valence-corrected chi connectivity index (χ3v) is 6.89. The lowest BCUT2D eigenvalue weighted by Crippen LogP contribution is -2.54. The molecule has 1 aliphatic heterocycles. The molecule has 0 radical (unpaired) electrons. The van der Waals surface area contributed by atoms with Crippen molar-refractivity contribution in [2.24, 2.45) is 0 Å². The number of halogens is 1. The van der Waals surface area contributed by atoms with E-state index in [-0.39, 0.29) is 16.8 Å². The Bertz CT molecular complexity index is 1280. The second kappa shape index (κ2) is 7.35. The molecule has 1 heterocycles. The lowest BCUT2D eigenvalue weighted by molar-refractivity contribution is -0.552. The van der Waals surface area contributed by atoms with Gasteiger partial charge in [0.05, 0.1) is 22.7 Å². The van der Waals surface area contributed by atoms with E-state index in [1.54, 1.807) is 6.08 Å². The molecule has 3 aromatic carbocycles. The highest BCUT2D eigenvalue weighted by Crippen LogP contribution is 2.53. The zero-order valence-electron chi connectivity index (χ0n) is 18.0. The average Bonchev–Trinajstić information content (AvgIpc) is 2.80. The topological polar surface area (TPSA) is 46.4 Å². The Morgan fingerprint density at radius 1 is 0.938 bits per heavy atom. The number of fused-ring (bicyclic) bond motifs is 2. The van der Waals surface area contributed by atoms with Crippen molar-refractivity contribution in [2.45, 2.75) is 31.3 Å². The van der Waals surface area contributed by atoms with Gasteiger partial charge >= 0.3 is 5.66 Å². The minimum absolute atomic E-state index is 0.179. The van der Waals surface area contributed by atoms with Crippen LogP contribution in [0, 0.1) is 10.1 Å². The van der Waals surface area contributed by atoms with Crippen LogP contribution in [0.25, 0.3) is 5.57 Å². The van der Waals surface area contributed by atoms with Gasteiger partial charge in [0.2, 0.25) is 0 Å². The van der Waals surface area contributed by atoms with Crippen LogP contribution < -0.4 is 4.90 Å². The number of rotatable bonds is 3. The fraction of sp³-hybridized carbons (Fsp3) is 0.185. The number of hydrogen-bond acceptors (Lipinski definition) is 3. The number of para-hydroxylation sites is 1. The van der Waals surface area contributed by atoms with E-state index in [9.17, 15) is 10.1 Å². The van der Waals surface area contributed by atoms with Gasteiger partial charge in [-0.1, -0.05) is 86.1 Å². The summed E-state index contributed by atoms with van der Waals surface area (Å²) in [6, 6.07) is 23.6. The monoisotopic (exact) mass is 442 g/mol. The second-order valence-electron chi connectivity index (χ2n) is 8.84. The number of nitro groups is 1. The molecule has 0 saturated carbocycles. The van der Waals surface area contributed by atoms with Crippen molar-refractivity contribution in [3.05, 3.63) is 123 Å². The standard InChI is InChI=1S/C27H23ClN2O2/c1-26(2)22-10-6-7-11-24(22)29(25-18-21(28)12-13-23(25)26)27(30(31)32)16-14-20(15-17-27)19-8-4-3-5-9-19/h3-16,18H,17H2,1-2H3. The van der Waals surface area contributed by atoms with Crippen LogP contribution in [0.5, 0.6) is 0 Å². The summed E-state index contributed by atoms with van der Waals surface area (Å²) in [6.45, 7) is 4.30. The molecule has 0 saturated heterocycles. The maximum Gasteiger partial charge on any atom is 0.323 e. The van der Waals surface area contributed by atoms with E-state index in [0.29, 0.717) is 5.02 Å². The van der Waals surface area contributed by atoms with E-state index < -0.39 is 5.66 Å². The molecule has 0 amide bonds. The van der Waals surface area contributed by atoms with Gasteiger partial charge in [0, 0.05) is 16.5 Å². The SMILES string of the molecule is CC1(C)c2ccccc2N(C2([N+](=O)[O-])C=CC(c3ccccc3)=CC2)c2cc(Cl)ccc21. The highest BCUT2D eigenvalue weighted by Gasteiger charge is 2.52. The van der Waals surface area contributed by atoms with Crippen LogP contribution in [0.15, 0.2) is 91.0 Å². The molecule has 2 aliphatic rings. The maximum atomic E-state index is 12.7. The number of allylic oxidation sites excluding steroid dienone is 2. The number of hydrogen-bond donors (Lipinski definition) is 0. The van der Waals surface area contributed by atoms with Crippen LogP contribution in [0.3, 0.4) is 0 Å². The van der Waals surface area contributed by atoms with Crippen molar-refractivity contribution < 1.29 is 4.92 Å². The molecule has 32 heavy (non-hydrogen) atoms. The van der Waals surface area contributed by atoms with E-state index in [2.05, 4.69) is 19.9 Å². The maximum absolute atomic E-state index is 12.7. The molecule has 0 aromatic heterocycles. The van der Waals surface area contributed by atoms with Gasteiger partial charge in [-0.3, -0.25) is 15.0 Å². The fourth-order valence-corrected chi connectivity index (χ4v) is 5.12. The summed E-state index contributed by atoms with van der Waals surface area (Å²) in [5.74, 6) is 0. The van der Waals surface area contributed by atoms with Gasteiger partial charge in [-0.25, -0.2) is 0 Å². The molecule has 0 spiro atoms. The molecule has 0 fully saturated rings. The molecular formula is C27H23ClN2O2. The van der Waals surface area contributed by atoms with E-state index in [1.165, 1.54) is 0 Å². The van der Waals surface area contributed by atoms with Crippen molar-refractivity contribution in [1.82, 2.24) is 0 Å². The Labute approximate surface area is 192 Å². The Hall–Kier alpha value is -3.37. The smallest absolute Gasteiger partial charge is 0.272 e. The molecule has 5 rings (SSSR count). The summed E-state index contributed by atoms with van der Waals surface area (Å²) in [4.78, 5) is 14.4. The number of anilines is 2. The van der Waals surface area contributed by atoms with Gasteiger partial charge in [0.15, 0.2) is 0 Å². The molecule has 5 heteroatoms. The quantitative estimate of drug-likeness (QED) is 0.320. The Morgan fingerprint density at radius 3 is 2.31 bits per heavy atom. The Balaban J connectivity index is 1.71. The molecule has 0 N–H and O–H groups in total. The van der Waals surface area contributed by atoms with Crippen molar-refractivity contribution in [3.63, 3.8) is 0 Å². The summed E-state index contributed by atoms with van der Waals surface area (Å²) >= 11 is 6.40. The van der Waals surface area contributed by atoms with Crippen LogP contribution in [-0.2, 0) is 5.41 Å². The number of nitrogens with zero attached hydrogens (tertiary/aromatic N) is 2. The lowest BCUT2D eigenvalue weighted by Gasteiger charge is -2.46. The molecule has 4 nitrogen and oxygen atoms in total. The number of benzene rings is 3. The normalized spacial score (nSPS) is 20.8. The van der Waals surface area contributed by atoms with E-state index in [4.69, 9.17) is 11.6 Å². The second-order valence-corrected chi connectivity index (χ2v) is 9.27. The summed E-state index contributed by atoms with van der Waals surface area (Å²) in [7, 11) is 0. The summed E-state index contributed by atoms with van der Waals surface area (Å²) in [5.41, 5.74) is 3.96. The van der Waals surface area contributed by atoms with Gasteiger partial charge in [-0.2, -0.15) is 0 Å². The summed E-state index contributed by atoms with van der Waals surface area (Å²) in [5, 5.41) is 13.3. The van der Waals surface area contributed by atoms with Crippen LogP contribution in [0.2, 0.25) is 5.02 Å². The van der Waals surface area contributed by atoms with E-state index in [0.717, 1.165) is 33.6 Å². The van der Waals surface area contributed by atoms with Crippen molar-refractivity contribution in [3.8, 4) is 0 Å². The van der Waals surface area contributed by atoms with Crippen LogP contribution in [0.1, 0.15) is 37.0 Å². The third kappa shape index (κ3) is 2.98. The largest absolute Gasteiger partial charge is 0.323 e. The summed E-state index contributed by atoms with van der Waals surface area (Å²) < 4.78 is 0. The predicted octanol–water partition coefficient (Wildman–Crippen LogP) is 7.13. The molecule has 1 aliphatic carbocycles. The van der Waals surface area contributed by atoms with Crippen molar-refractivity contribution >= 4 is 28.5 Å². The summed E-state index contributed by atoms with van der Waals surface area (Å²) in [6.07, 6.45) is 5.80. The van der Waals surface area contributed by atoms with Gasteiger partial charge in [-0.05, 0) is 46.5 Å². The fourth-order valence-electron chi connectivity index (χ4n) is 4.95. The lowest BCUT2D eigenvalue weighted by atomic mass is 9.72. The van der Waals surface area contributed by atoms with Crippen molar-refractivity contribution in [1.29, 1.82) is 0 Å². The van der Waals surface area contributed by atoms with Gasteiger partial charge in [0.1, 0.15) is 0 Å². The van der Waals surface area contributed by atoms with Crippen molar-refractivity contribution in [2.75, 3.05) is 4.90 Å². The first kappa shape index (κ1) is 20.5. The van der Waals surface area contributed by atoms with Crippen LogP contribution >= 0.6 is 11.6 Å².